The van der Waals surface area contributed by atoms with Crippen molar-refractivity contribution in [3.05, 3.63) is 115 Å². The largest absolute Gasteiger partial charge is 0.493 e. The van der Waals surface area contributed by atoms with Gasteiger partial charge in [-0.15, -0.1) is 0 Å². The molecule has 2 heterocycles. The van der Waals surface area contributed by atoms with E-state index in [2.05, 4.69) is 5.32 Å². The van der Waals surface area contributed by atoms with Gasteiger partial charge in [0, 0.05) is 45.2 Å². The SMILES string of the molecule is COc1cc(C=O)cc2c1O[C@@H]1[C@@H](O)[C@H](N(Cc3ccc(Cl)cc3Cl)C(=O)c3cc4ccccc4oc3=O)C=C(C(=O)NCCO)[C@H]21. The number of carbonyl (C=O) groups excluding carboxylic acids is 3. The molecule has 13 heteroatoms. The molecule has 4 atom stereocenters. The van der Waals surface area contributed by atoms with Crippen LogP contribution >= 0.6 is 23.2 Å². The maximum Gasteiger partial charge on any atom is 0.349 e. The maximum atomic E-state index is 14.4. The highest BCUT2D eigenvalue weighted by Crippen LogP contribution is 2.51. The third-order valence-electron chi connectivity index (χ3n) is 8.26. The van der Waals surface area contributed by atoms with Crippen molar-refractivity contribution in [1.29, 1.82) is 0 Å². The highest BCUT2D eigenvalue weighted by molar-refractivity contribution is 6.35. The molecule has 0 radical (unpaired) electrons. The molecule has 0 bridgehead atoms. The number of aliphatic hydroxyl groups excluding tert-OH is 2. The molecule has 0 saturated carbocycles. The summed E-state index contributed by atoms with van der Waals surface area (Å²) in [5.74, 6) is -1.85. The summed E-state index contributed by atoms with van der Waals surface area (Å²) in [6.07, 6.45) is -0.538. The molecule has 47 heavy (non-hydrogen) atoms. The minimum atomic E-state index is -1.46. The van der Waals surface area contributed by atoms with Crippen molar-refractivity contribution < 1.29 is 38.5 Å². The molecule has 6 rings (SSSR count). The van der Waals surface area contributed by atoms with Crippen molar-refractivity contribution in [2.24, 2.45) is 0 Å². The summed E-state index contributed by atoms with van der Waals surface area (Å²) >= 11 is 12.6. The third-order valence-corrected chi connectivity index (χ3v) is 8.85. The number of rotatable bonds is 9. The standard InChI is InChI=1S/C34H28Cl2N2O9/c1-45-27-11-17(16-40)10-21-28-22(32(42)37-8-9-39)14-25(29(41)31(28)47-30(21)27)38(15-19-6-7-20(35)13-24(19)36)33(43)23-12-18-4-2-3-5-26(18)46-34(23)44/h2-7,10-14,16,25,28-29,31,39,41H,8-9,15H2,1H3,(H,37,42)/t25-,28+,29+,31+/m1/s1. The van der Waals surface area contributed by atoms with Crippen molar-refractivity contribution in [1.82, 2.24) is 10.2 Å². The highest BCUT2D eigenvalue weighted by atomic mass is 35.5. The molecular weight excluding hydrogens is 651 g/mol. The first kappa shape index (κ1) is 32.3. The molecule has 2 aliphatic rings. The Balaban J connectivity index is 1.52. The number of benzene rings is 3. The van der Waals surface area contributed by atoms with Crippen molar-refractivity contribution in [3.8, 4) is 11.5 Å². The van der Waals surface area contributed by atoms with Crippen molar-refractivity contribution in [2.75, 3.05) is 20.3 Å². The number of para-hydroxylation sites is 1. The molecule has 1 aromatic heterocycles. The molecule has 0 unspecified atom stereocenters. The van der Waals surface area contributed by atoms with Gasteiger partial charge >= 0.3 is 5.63 Å². The molecule has 11 nitrogen and oxygen atoms in total. The van der Waals surface area contributed by atoms with Gasteiger partial charge in [0.2, 0.25) is 5.91 Å². The second-order valence-corrected chi connectivity index (χ2v) is 11.9. The second kappa shape index (κ2) is 13.2. The number of halogens is 2. The van der Waals surface area contributed by atoms with E-state index in [-0.39, 0.29) is 58.5 Å². The number of fused-ring (bicyclic) bond motifs is 4. The van der Waals surface area contributed by atoms with Crippen LogP contribution in [-0.4, -0.2) is 71.7 Å². The summed E-state index contributed by atoms with van der Waals surface area (Å²) in [5.41, 5.74) is 0.303. The smallest absolute Gasteiger partial charge is 0.349 e. The van der Waals surface area contributed by atoms with Crippen LogP contribution in [0.25, 0.3) is 11.0 Å². The normalized spacial score (nSPS) is 19.6. The number of carbonyl (C=O) groups is 3. The van der Waals surface area contributed by atoms with Gasteiger partial charge in [0.15, 0.2) is 11.5 Å². The Kier molecular flexibility index (Phi) is 9.07. The lowest BCUT2D eigenvalue weighted by molar-refractivity contribution is -0.118. The Labute approximate surface area is 277 Å². The lowest BCUT2D eigenvalue weighted by atomic mass is 9.77. The van der Waals surface area contributed by atoms with E-state index in [0.29, 0.717) is 27.8 Å². The number of amides is 2. The first-order chi connectivity index (χ1) is 22.6. The van der Waals surface area contributed by atoms with Crippen LogP contribution in [-0.2, 0) is 11.3 Å². The summed E-state index contributed by atoms with van der Waals surface area (Å²) < 4.78 is 17.2. The van der Waals surface area contributed by atoms with Gasteiger partial charge in [-0.2, -0.15) is 0 Å². The molecule has 242 valence electrons. The second-order valence-electron chi connectivity index (χ2n) is 11.1. The monoisotopic (exact) mass is 678 g/mol. The van der Waals surface area contributed by atoms with Crippen LogP contribution < -0.4 is 20.4 Å². The van der Waals surface area contributed by atoms with Crippen LogP contribution in [0.3, 0.4) is 0 Å². The molecule has 0 spiro atoms. The Bertz CT molecular complexity index is 1990. The predicted molar refractivity (Wildman–Crippen MR) is 172 cm³/mol. The molecular formula is C34H28Cl2N2O9. The topological polar surface area (TPSA) is 156 Å². The Morgan fingerprint density at radius 1 is 1.11 bits per heavy atom. The van der Waals surface area contributed by atoms with E-state index in [9.17, 15) is 29.4 Å². The molecule has 3 aromatic carbocycles. The Morgan fingerprint density at radius 2 is 1.89 bits per heavy atom. The van der Waals surface area contributed by atoms with Gasteiger partial charge in [-0.05, 0) is 48.0 Å². The van der Waals surface area contributed by atoms with Gasteiger partial charge in [-0.1, -0.05) is 47.5 Å². The fourth-order valence-corrected chi connectivity index (χ4v) is 6.54. The molecule has 1 aliphatic carbocycles. The van der Waals surface area contributed by atoms with Crippen LogP contribution in [0.15, 0.2) is 81.5 Å². The van der Waals surface area contributed by atoms with Gasteiger partial charge in [0.05, 0.1) is 25.7 Å². The summed E-state index contributed by atoms with van der Waals surface area (Å²) in [4.78, 5) is 54.2. The zero-order valence-corrected chi connectivity index (χ0v) is 26.3. The number of methoxy groups -OCH3 is 1. The number of ether oxygens (including phenoxy) is 2. The van der Waals surface area contributed by atoms with Crippen LogP contribution in [0.5, 0.6) is 11.5 Å². The number of nitrogens with one attached hydrogen (secondary N) is 1. The fourth-order valence-electron chi connectivity index (χ4n) is 6.07. The Hall–Kier alpha value is -4.68. The minimum absolute atomic E-state index is 0.0760. The molecule has 1 aliphatic heterocycles. The number of nitrogens with zero attached hydrogens (tertiary/aromatic N) is 1. The number of aldehydes is 1. The number of hydrogen-bond donors (Lipinski definition) is 3. The average Bonchev–Trinajstić information content (AvgIpc) is 3.46. The van der Waals surface area contributed by atoms with E-state index < -0.39 is 41.6 Å². The van der Waals surface area contributed by atoms with E-state index in [1.807, 2.05) is 0 Å². The molecule has 2 amide bonds. The number of hydrogen-bond acceptors (Lipinski definition) is 9. The van der Waals surface area contributed by atoms with Crippen molar-refractivity contribution in [2.45, 2.75) is 30.7 Å². The predicted octanol–water partition coefficient (Wildman–Crippen LogP) is 3.89. The summed E-state index contributed by atoms with van der Waals surface area (Å²) in [6.45, 7) is -0.631. The average molecular weight is 680 g/mol. The van der Waals surface area contributed by atoms with Crippen molar-refractivity contribution in [3.63, 3.8) is 0 Å². The summed E-state index contributed by atoms with van der Waals surface area (Å²) in [7, 11) is 1.39. The van der Waals surface area contributed by atoms with Crippen molar-refractivity contribution >= 4 is 52.3 Å². The quantitative estimate of drug-likeness (QED) is 0.177. The van der Waals surface area contributed by atoms with E-state index >= 15 is 0 Å². The lowest BCUT2D eigenvalue weighted by Crippen LogP contribution is -2.56. The zero-order valence-electron chi connectivity index (χ0n) is 24.8. The minimum Gasteiger partial charge on any atom is -0.493 e. The zero-order chi connectivity index (χ0) is 33.4. The molecule has 4 aromatic rings. The molecule has 3 N–H and O–H groups in total. The van der Waals surface area contributed by atoms with Gasteiger partial charge in [-0.25, -0.2) is 4.79 Å². The number of aliphatic hydroxyl groups is 2. The maximum absolute atomic E-state index is 14.4. The lowest BCUT2D eigenvalue weighted by Gasteiger charge is -2.40. The summed E-state index contributed by atoms with van der Waals surface area (Å²) in [5, 5.41) is 25.1. The van der Waals surface area contributed by atoms with Crippen LogP contribution in [0.1, 0.15) is 37.8 Å². The highest BCUT2D eigenvalue weighted by Gasteiger charge is 2.51. The van der Waals surface area contributed by atoms with Crippen LogP contribution in [0.4, 0.5) is 0 Å². The first-order valence-corrected chi connectivity index (χ1v) is 15.3. The Morgan fingerprint density at radius 3 is 2.62 bits per heavy atom. The van der Waals surface area contributed by atoms with E-state index in [0.717, 1.165) is 0 Å². The van der Waals surface area contributed by atoms with Gasteiger partial charge in [0.1, 0.15) is 29.6 Å². The van der Waals surface area contributed by atoms with Gasteiger partial charge < -0.3 is 34.3 Å². The molecule has 0 fully saturated rings. The van der Waals surface area contributed by atoms with Crippen LogP contribution in [0.2, 0.25) is 10.0 Å². The third kappa shape index (κ3) is 5.98. The molecule has 0 saturated heterocycles. The van der Waals surface area contributed by atoms with E-state index in [1.54, 1.807) is 42.5 Å². The van der Waals surface area contributed by atoms with Gasteiger partial charge in [0.25, 0.3) is 5.91 Å². The summed E-state index contributed by atoms with van der Waals surface area (Å²) in [6, 6.07) is 14.6. The van der Waals surface area contributed by atoms with E-state index in [1.165, 1.54) is 36.3 Å². The fraction of sp³-hybridized carbons (Fsp3) is 0.235. The van der Waals surface area contributed by atoms with Crippen LogP contribution in [0, 0.1) is 0 Å². The van der Waals surface area contributed by atoms with Gasteiger partial charge in [-0.3, -0.25) is 14.4 Å². The van der Waals surface area contributed by atoms with E-state index in [4.69, 9.17) is 37.1 Å². The first-order valence-electron chi connectivity index (χ1n) is 14.6.